The summed E-state index contributed by atoms with van der Waals surface area (Å²) in [7, 11) is -7.66. The normalized spacial score (nSPS) is 24.9. The van der Waals surface area contributed by atoms with Crippen molar-refractivity contribution in [3.05, 3.63) is 24.0 Å². The van der Waals surface area contributed by atoms with Crippen molar-refractivity contribution in [2.45, 2.75) is 43.0 Å². The lowest BCUT2D eigenvalue weighted by molar-refractivity contribution is 0.191. The van der Waals surface area contributed by atoms with Crippen LogP contribution in [0.4, 0.5) is 10.1 Å². The Kier molecular flexibility index (Phi) is 5.77. The Morgan fingerprint density at radius 2 is 1.96 bits per heavy atom. The SMILES string of the molecule is CC1CCCCC1(CN)NS(=O)(=O)c1ccc(NS(C)(=O)=O)c(F)c1. The van der Waals surface area contributed by atoms with E-state index in [4.69, 9.17) is 5.73 Å². The number of hydrogen-bond acceptors (Lipinski definition) is 5. The number of rotatable bonds is 6. The maximum Gasteiger partial charge on any atom is 0.241 e. The zero-order valence-corrected chi connectivity index (χ0v) is 15.9. The first-order valence-electron chi connectivity index (χ1n) is 8.00. The van der Waals surface area contributed by atoms with Crippen LogP contribution in [0.3, 0.4) is 0 Å². The molecule has 2 rings (SSSR count). The summed E-state index contributed by atoms with van der Waals surface area (Å²) in [4.78, 5) is -0.269. The molecule has 1 aliphatic rings. The van der Waals surface area contributed by atoms with Crippen molar-refractivity contribution in [2.75, 3.05) is 17.5 Å². The van der Waals surface area contributed by atoms with Crippen molar-refractivity contribution in [1.82, 2.24) is 4.72 Å². The lowest BCUT2D eigenvalue weighted by Gasteiger charge is -2.42. The zero-order valence-electron chi connectivity index (χ0n) is 14.2. The molecule has 1 fully saturated rings. The summed E-state index contributed by atoms with van der Waals surface area (Å²) in [5.41, 5.74) is 4.80. The molecule has 10 heteroatoms. The van der Waals surface area contributed by atoms with Crippen LogP contribution in [0.25, 0.3) is 0 Å². The Labute approximate surface area is 148 Å². The number of nitrogens with two attached hydrogens (primary N) is 1. The van der Waals surface area contributed by atoms with E-state index < -0.39 is 31.4 Å². The van der Waals surface area contributed by atoms with Gasteiger partial charge in [0.25, 0.3) is 0 Å². The Morgan fingerprint density at radius 1 is 1.28 bits per heavy atom. The molecule has 1 saturated carbocycles. The van der Waals surface area contributed by atoms with Gasteiger partial charge in [-0.25, -0.2) is 25.9 Å². The molecule has 0 aromatic heterocycles. The van der Waals surface area contributed by atoms with Gasteiger partial charge < -0.3 is 5.73 Å². The monoisotopic (exact) mass is 393 g/mol. The van der Waals surface area contributed by atoms with Crippen molar-refractivity contribution < 1.29 is 21.2 Å². The highest BCUT2D eigenvalue weighted by Gasteiger charge is 2.40. The van der Waals surface area contributed by atoms with Gasteiger partial charge in [0.05, 0.1) is 16.8 Å². The van der Waals surface area contributed by atoms with Crippen molar-refractivity contribution in [3.63, 3.8) is 0 Å². The minimum atomic E-state index is -3.99. The predicted octanol–water partition coefficient (Wildman–Crippen LogP) is 1.38. The van der Waals surface area contributed by atoms with Crippen LogP contribution >= 0.6 is 0 Å². The van der Waals surface area contributed by atoms with Gasteiger partial charge >= 0.3 is 0 Å². The summed E-state index contributed by atoms with van der Waals surface area (Å²) < 4.78 is 66.5. The fourth-order valence-electron chi connectivity index (χ4n) is 3.18. The van der Waals surface area contributed by atoms with Gasteiger partial charge in [-0.2, -0.15) is 0 Å². The van der Waals surface area contributed by atoms with Gasteiger partial charge in [-0.15, -0.1) is 0 Å². The minimum Gasteiger partial charge on any atom is -0.329 e. The third kappa shape index (κ3) is 4.69. The number of hydrogen-bond donors (Lipinski definition) is 3. The molecule has 0 spiro atoms. The quantitative estimate of drug-likeness (QED) is 0.675. The van der Waals surface area contributed by atoms with Crippen LogP contribution in [0.2, 0.25) is 0 Å². The first-order valence-corrected chi connectivity index (χ1v) is 11.4. The number of anilines is 1. The van der Waals surface area contributed by atoms with E-state index in [0.717, 1.165) is 43.7 Å². The van der Waals surface area contributed by atoms with Crippen LogP contribution in [0.1, 0.15) is 32.6 Å². The molecule has 1 aliphatic carbocycles. The Bertz CT molecular complexity index is 842. The smallest absolute Gasteiger partial charge is 0.241 e. The van der Waals surface area contributed by atoms with Gasteiger partial charge in [-0.3, -0.25) is 4.72 Å². The van der Waals surface area contributed by atoms with Gasteiger partial charge in [-0.05, 0) is 37.0 Å². The van der Waals surface area contributed by atoms with Crippen LogP contribution in [-0.2, 0) is 20.0 Å². The average Bonchev–Trinajstić information content (AvgIpc) is 2.50. The zero-order chi connectivity index (χ0) is 18.9. The number of halogens is 1. The van der Waals surface area contributed by atoms with Gasteiger partial charge in [0, 0.05) is 12.1 Å². The predicted molar refractivity (Wildman–Crippen MR) is 94.6 cm³/mol. The molecule has 0 amide bonds. The van der Waals surface area contributed by atoms with E-state index >= 15 is 0 Å². The highest BCUT2D eigenvalue weighted by atomic mass is 32.2. The molecule has 0 aliphatic heterocycles. The first-order chi connectivity index (χ1) is 11.5. The third-order valence-electron chi connectivity index (χ3n) is 4.70. The molecule has 0 heterocycles. The van der Waals surface area contributed by atoms with E-state index in [1.54, 1.807) is 0 Å². The average molecular weight is 394 g/mol. The molecule has 1 aromatic carbocycles. The lowest BCUT2D eigenvalue weighted by Crippen LogP contribution is -2.58. The van der Waals surface area contributed by atoms with Gasteiger partial charge in [0.2, 0.25) is 20.0 Å². The number of sulfonamides is 2. The molecule has 142 valence electrons. The summed E-state index contributed by atoms with van der Waals surface area (Å²) in [6, 6.07) is 3.05. The second-order valence-corrected chi connectivity index (χ2v) is 10.1. The fraction of sp³-hybridized carbons (Fsp3) is 0.600. The number of benzene rings is 1. The molecule has 2 atom stereocenters. The van der Waals surface area contributed by atoms with Crippen LogP contribution < -0.4 is 15.2 Å². The summed E-state index contributed by atoms with van der Waals surface area (Å²) in [5, 5.41) is 0. The van der Waals surface area contributed by atoms with E-state index in [1.165, 1.54) is 0 Å². The molecule has 0 saturated heterocycles. The number of nitrogens with one attached hydrogen (secondary N) is 2. The van der Waals surface area contributed by atoms with E-state index in [9.17, 15) is 21.2 Å². The van der Waals surface area contributed by atoms with Gasteiger partial charge in [0.1, 0.15) is 5.82 Å². The first kappa shape index (κ1) is 20.1. The highest BCUT2D eigenvalue weighted by molar-refractivity contribution is 7.92. The molecule has 1 aromatic rings. The Balaban J connectivity index is 2.32. The van der Waals surface area contributed by atoms with E-state index in [2.05, 4.69) is 4.72 Å². The van der Waals surface area contributed by atoms with E-state index in [1.807, 2.05) is 11.6 Å². The van der Waals surface area contributed by atoms with Crippen LogP contribution in [0.15, 0.2) is 23.1 Å². The van der Waals surface area contributed by atoms with Gasteiger partial charge in [0.15, 0.2) is 0 Å². The summed E-state index contributed by atoms with van der Waals surface area (Å²) >= 11 is 0. The van der Waals surface area contributed by atoms with Crippen LogP contribution in [-0.4, -0.2) is 35.2 Å². The summed E-state index contributed by atoms with van der Waals surface area (Å²) in [6.45, 7) is 2.11. The minimum absolute atomic E-state index is 0.0667. The Hall–Kier alpha value is -1.23. The summed E-state index contributed by atoms with van der Waals surface area (Å²) in [5.74, 6) is -0.899. The molecule has 0 bridgehead atoms. The third-order valence-corrected chi connectivity index (χ3v) is 6.84. The maximum absolute atomic E-state index is 14.1. The van der Waals surface area contributed by atoms with E-state index in [-0.39, 0.29) is 23.0 Å². The second kappa shape index (κ2) is 7.18. The molecular weight excluding hydrogens is 369 g/mol. The van der Waals surface area contributed by atoms with Crippen molar-refractivity contribution in [3.8, 4) is 0 Å². The molecule has 0 radical (unpaired) electrons. The van der Waals surface area contributed by atoms with Crippen LogP contribution in [0.5, 0.6) is 0 Å². The maximum atomic E-state index is 14.1. The highest BCUT2D eigenvalue weighted by Crippen LogP contribution is 2.34. The second-order valence-electron chi connectivity index (χ2n) is 6.63. The lowest BCUT2D eigenvalue weighted by atomic mass is 9.74. The largest absolute Gasteiger partial charge is 0.329 e. The van der Waals surface area contributed by atoms with Crippen molar-refractivity contribution in [2.24, 2.45) is 11.7 Å². The van der Waals surface area contributed by atoms with Crippen LogP contribution in [0, 0.1) is 11.7 Å². The topological polar surface area (TPSA) is 118 Å². The molecule has 2 unspecified atom stereocenters. The van der Waals surface area contributed by atoms with E-state index in [0.29, 0.717) is 6.42 Å². The standard InChI is InChI=1S/C15H24FN3O4S2/c1-11-5-3-4-8-15(11,10-17)19-25(22,23)12-6-7-14(13(16)9-12)18-24(2,20)21/h6-7,9,11,18-19H,3-5,8,10,17H2,1-2H3. The molecule has 25 heavy (non-hydrogen) atoms. The molecule has 7 nitrogen and oxygen atoms in total. The van der Waals surface area contributed by atoms with Crippen molar-refractivity contribution in [1.29, 1.82) is 0 Å². The Morgan fingerprint density at radius 3 is 2.48 bits per heavy atom. The van der Waals surface area contributed by atoms with Gasteiger partial charge in [-0.1, -0.05) is 19.8 Å². The summed E-state index contributed by atoms with van der Waals surface area (Å²) in [6.07, 6.45) is 4.26. The fourth-order valence-corrected chi connectivity index (χ4v) is 5.29. The van der Waals surface area contributed by atoms with Crippen molar-refractivity contribution >= 4 is 25.7 Å². The molecule has 4 N–H and O–H groups in total. The molecular formula is C15H24FN3O4S2.